The zero-order valence-electron chi connectivity index (χ0n) is 14.1. The summed E-state index contributed by atoms with van der Waals surface area (Å²) in [5.74, 6) is 0.163. The second-order valence-corrected chi connectivity index (χ2v) is 9.09. The number of amides is 1. The summed E-state index contributed by atoms with van der Waals surface area (Å²) in [4.78, 5) is 12.4. The third kappa shape index (κ3) is 4.53. The first-order valence-electron chi connectivity index (χ1n) is 8.73. The maximum Gasteiger partial charge on any atom is 0.243 e. The van der Waals surface area contributed by atoms with Crippen LogP contribution in [0.4, 0.5) is 0 Å². The topological polar surface area (TPSA) is 78.5 Å². The molecule has 2 saturated heterocycles. The Morgan fingerprint density at radius 2 is 2.00 bits per heavy atom. The molecule has 2 atom stereocenters. The van der Waals surface area contributed by atoms with Crippen molar-refractivity contribution in [3.8, 4) is 0 Å². The van der Waals surface area contributed by atoms with Crippen LogP contribution < -0.4 is 10.6 Å². The van der Waals surface area contributed by atoms with Gasteiger partial charge in [0.1, 0.15) is 0 Å². The summed E-state index contributed by atoms with van der Waals surface area (Å²) in [5.41, 5.74) is 0. The SMILES string of the molecule is O=C(NCC1CCCN(S(=O)(=O)c2ccc(Cl)cc2)C1)C1CCCN1. The van der Waals surface area contributed by atoms with E-state index in [1.54, 1.807) is 12.1 Å². The van der Waals surface area contributed by atoms with Crippen LogP contribution >= 0.6 is 11.6 Å². The molecule has 3 rings (SSSR count). The fraction of sp³-hybridized carbons (Fsp3) is 0.588. The predicted octanol–water partition coefficient (Wildman–Crippen LogP) is 1.61. The maximum atomic E-state index is 12.8. The minimum Gasteiger partial charge on any atom is -0.354 e. The first-order chi connectivity index (χ1) is 12.0. The highest BCUT2D eigenvalue weighted by Gasteiger charge is 2.31. The van der Waals surface area contributed by atoms with E-state index < -0.39 is 10.0 Å². The molecule has 0 radical (unpaired) electrons. The maximum absolute atomic E-state index is 12.8. The lowest BCUT2D eigenvalue weighted by Gasteiger charge is -2.32. The molecule has 0 spiro atoms. The summed E-state index contributed by atoms with van der Waals surface area (Å²) in [6, 6.07) is 6.15. The number of sulfonamides is 1. The summed E-state index contributed by atoms with van der Waals surface area (Å²) in [5, 5.41) is 6.66. The van der Waals surface area contributed by atoms with E-state index in [0.717, 1.165) is 32.2 Å². The number of halogens is 1. The predicted molar refractivity (Wildman–Crippen MR) is 97.0 cm³/mol. The first-order valence-corrected chi connectivity index (χ1v) is 10.6. The lowest BCUT2D eigenvalue weighted by molar-refractivity contribution is -0.123. The van der Waals surface area contributed by atoms with Crippen molar-refractivity contribution in [2.45, 2.75) is 36.6 Å². The van der Waals surface area contributed by atoms with Gasteiger partial charge in [0.05, 0.1) is 10.9 Å². The summed E-state index contributed by atoms with van der Waals surface area (Å²) >= 11 is 5.84. The molecule has 1 amide bonds. The fourth-order valence-corrected chi connectivity index (χ4v) is 5.12. The number of benzene rings is 1. The molecular formula is C17H24ClN3O3S. The molecular weight excluding hydrogens is 362 g/mol. The molecule has 0 saturated carbocycles. The van der Waals surface area contributed by atoms with Gasteiger partial charge in [0, 0.05) is 24.7 Å². The van der Waals surface area contributed by atoms with Crippen LogP contribution in [0.25, 0.3) is 0 Å². The van der Waals surface area contributed by atoms with E-state index in [9.17, 15) is 13.2 Å². The number of hydrogen-bond acceptors (Lipinski definition) is 4. The smallest absolute Gasteiger partial charge is 0.243 e. The molecule has 0 bridgehead atoms. The zero-order chi connectivity index (χ0) is 17.9. The van der Waals surface area contributed by atoms with E-state index in [4.69, 9.17) is 11.6 Å². The Kier molecular flexibility index (Phi) is 5.99. The molecule has 8 heteroatoms. The van der Waals surface area contributed by atoms with Gasteiger partial charge in [0.2, 0.25) is 15.9 Å². The average molecular weight is 386 g/mol. The molecule has 2 N–H and O–H groups in total. The molecule has 6 nitrogen and oxygen atoms in total. The van der Waals surface area contributed by atoms with Crippen LogP contribution in [0.5, 0.6) is 0 Å². The normalized spacial score (nSPS) is 25.0. The quantitative estimate of drug-likeness (QED) is 0.807. The monoisotopic (exact) mass is 385 g/mol. The van der Waals surface area contributed by atoms with Gasteiger partial charge >= 0.3 is 0 Å². The van der Waals surface area contributed by atoms with Crippen LogP contribution in [-0.4, -0.2) is 50.9 Å². The molecule has 2 aliphatic rings. The highest BCUT2D eigenvalue weighted by molar-refractivity contribution is 7.89. The van der Waals surface area contributed by atoms with Crippen molar-refractivity contribution in [3.63, 3.8) is 0 Å². The Bertz CT molecular complexity index is 702. The van der Waals surface area contributed by atoms with Gasteiger partial charge in [-0.15, -0.1) is 0 Å². The minimum atomic E-state index is -3.52. The molecule has 1 aromatic rings. The Balaban J connectivity index is 1.58. The van der Waals surface area contributed by atoms with Gasteiger partial charge in [0.15, 0.2) is 0 Å². The van der Waals surface area contributed by atoms with Gasteiger partial charge in [-0.25, -0.2) is 8.42 Å². The molecule has 25 heavy (non-hydrogen) atoms. The first kappa shape index (κ1) is 18.6. The van der Waals surface area contributed by atoms with E-state index in [2.05, 4.69) is 10.6 Å². The van der Waals surface area contributed by atoms with Crippen molar-refractivity contribution in [3.05, 3.63) is 29.3 Å². The third-order valence-electron chi connectivity index (χ3n) is 4.87. The van der Waals surface area contributed by atoms with Gasteiger partial charge in [0.25, 0.3) is 0 Å². The lowest BCUT2D eigenvalue weighted by atomic mass is 9.99. The highest BCUT2D eigenvalue weighted by Crippen LogP contribution is 2.24. The standard InChI is InChI=1S/C17H24ClN3O3S/c18-14-5-7-15(8-6-14)25(23,24)21-10-2-3-13(12-21)11-20-17(22)16-4-1-9-19-16/h5-8,13,16,19H,1-4,9-12H2,(H,20,22). The van der Waals surface area contributed by atoms with Crippen LogP contribution in [0.3, 0.4) is 0 Å². The van der Waals surface area contributed by atoms with E-state index in [1.165, 1.54) is 16.4 Å². The molecule has 2 aliphatic heterocycles. The van der Waals surface area contributed by atoms with Crippen molar-refractivity contribution in [2.24, 2.45) is 5.92 Å². The Morgan fingerprint density at radius 3 is 2.68 bits per heavy atom. The number of carbonyl (C=O) groups is 1. The largest absolute Gasteiger partial charge is 0.354 e. The molecule has 2 fully saturated rings. The number of nitrogens with one attached hydrogen (secondary N) is 2. The van der Waals surface area contributed by atoms with Gasteiger partial charge in [-0.3, -0.25) is 4.79 Å². The molecule has 1 aromatic carbocycles. The van der Waals surface area contributed by atoms with E-state index in [0.29, 0.717) is 24.7 Å². The molecule has 0 aliphatic carbocycles. The molecule has 2 heterocycles. The molecule has 2 unspecified atom stereocenters. The van der Waals surface area contributed by atoms with Crippen molar-refractivity contribution < 1.29 is 13.2 Å². The number of piperidine rings is 1. The summed E-state index contributed by atoms with van der Waals surface area (Å²) in [7, 11) is -3.52. The van der Waals surface area contributed by atoms with Crippen LogP contribution in [0.1, 0.15) is 25.7 Å². The molecule has 138 valence electrons. The van der Waals surface area contributed by atoms with Crippen LogP contribution in [0, 0.1) is 5.92 Å². The Morgan fingerprint density at radius 1 is 1.24 bits per heavy atom. The summed E-state index contributed by atoms with van der Waals surface area (Å²) in [6.45, 7) is 2.35. The zero-order valence-corrected chi connectivity index (χ0v) is 15.7. The van der Waals surface area contributed by atoms with E-state index in [-0.39, 0.29) is 22.8 Å². The van der Waals surface area contributed by atoms with Crippen LogP contribution in [0.2, 0.25) is 5.02 Å². The number of nitrogens with zero attached hydrogens (tertiary/aromatic N) is 1. The van der Waals surface area contributed by atoms with Crippen molar-refractivity contribution in [2.75, 3.05) is 26.2 Å². The summed E-state index contributed by atoms with van der Waals surface area (Å²) < 4.78 is 27.1. The fourth-order valence-electron chi connectivity index (χ4n) is 3.44. The van der Waals surface area contributed by atoms with Crippen LogP contribution in [-0.2, 0) is 14.8 Å². The van der Waals surface area contributed by atoms with E-state index >= 15 is 0 Å². The second kappa shape index (κ2) is 8.03. The Labute approximate surface area is 154 Å². The van der Waals surface area contributed by atoms with Gasteiger partial charge in [-0.05, 0) is 62.4 Å². The average Bonchev–Trinajstić information content (AvgIpc) is 3.15. The second-order valence-electron chi connectivity index (χ2n) is 6.72. The number of hydrogen-bond donors (Lipinski definition) is 2. The van der Waals surface area contributed by atoms with Gasteiger partial charge in [-0.2, -0.15) is 4.31 Å². The van der Waals surface area contributed by atoms with Gasteiger partial charge < -0.3 is 10.6 Å². The third-order valence-corrected chi connectivity index (χ3v) is 7.01. The number of rotatable bonds is 5. The molecule has 0 aromatic heterocycles. The van der Waals surface area contributed by atoms with Crippen molar-refractivity contribution in [1.82, 2.24) is 14.9 Å². The summed E-state index contributed by atoms with van der Waals surface area (Å²) in [6.07, 6.45) is 3.61. The van der Waals surface area contributed by atoms with E-state index in [1.807, 2.05) is 0 Å². The highest BCUT2D eigenvalue weighted by atomic mass is 35.5. The lowest BCUT2D eigenvalue weighted by Crippen LogP contribution is -2.46. The minimum absolute atomic E-state index is 0.0233. The van der Waals surface area contributed by atoms with Crippen molar-refractivity contribution >= 4 is 27.5 Å². The number of carbonyl (C=O) groups excluding carboxylic acids is 1. The Hall–Kier alpha value is -1.15. The van der Waals surface area contributed by atoms with Gasteiger partial charge in [-0.1, -0.05) is 11.6 Å². The van der Waals surface area contributed by atoms with Crippen molar-refractivity contribution in [1.29, 1.82) is 0 Å². The van der Waals surface area contributed by atoms with Crippen LogP contribution in [0.15, 0.2) is 29.2 Å².